The molecule has 0 spiro atoms. The van der Waals surface area contributed by atoms with Gasteiger partial charge in [0.05, 0.1) is 6.20 Å². The normalized spacial score (nSPS) is 11.5. The van der Waals surface area contributed by atoms with Crippen LogP contribution in [0.4, 0.5) is 0 Å². The molecular formula is C44H44N4OPt. The van der Waals surface area contributed by atoms with Gasteiger partial charge >= 0.3 is 21.1 Å². The number of nitrogens with zero attached hydrogens (tertiary/aromatic N) is 4. The maximum atomic E-state index is 6.60. The van der Waals surface area contributed by atoms with Crippen molar-refractivity contribution in [2.75, 3.05) is 0 Å². The second-order valence-corrected chi connectivity index (χ2v) is 13.7. The van der Waals surface area contributed by atoms with E-state index in [9.17, 15) is 0 Å². The van der Waals surface area contributed by atoms with E-state index < -0.39 is 0 Å². The van der Waals surface area contributed by atoms with Gasteiger partial charge in [0, 0.05) is 35.0 Å². The van der Waals surface area contributed by atoms with Gasteiger partial charge in [0.25, 0.3) is 0 Å². The minimum Gasteiger partial charge on any atom is -0.509 e. The van der Waals surface area contributed by atoms with Crippen molar-refractivity contribution < 1.29 is 25.8 Å². The smallest absolute Gasteiger partial charge is 0.509 e. The molecular weight excluding hydrogens is 796 g/mol. The standard InChI is InChI=1S/C44H44N4O.Pt/c1-9-37-30(7)29(6)31(8)38(10-2)44(37)33-25-46-47(26-33)34-21-32(19-27(3)4)22-36(23-34)49-35-15-16-40-39-13-11-12-14-41(39)48(42(40)24-35)43-20-28(5)17-18-45-43;/h11-18,20-22,25-27H,9-10,19H2,1-8H3;/q-2;+2. The zero-order valence-corrected chi connectivity index (χ0v) is 32.5. The Morgan fingerprint density at radius 1 is 0.800 bits per heavy atom. The summed E-state index contributed by atoms with van der Waals surface area (Å²) in [6.45, 7) is 17.8. The van der Waals surface area contributed by atoms with E-state index in [0.717, 1.165) is 63.7 Å². The van der Waals surface area contributed by atoms with E-state index in [1.54, 1.807) is 0 Å². The average molecular weight is 840 g/mol. The van der Waals surface area contributed by atoms with Crippen molar-refractivity contribution in [2.24, 2.45) is 5.92 Å². The third-order valence-corrected chi connectivity index (χ3v) is 9.90. The van der Waals surface area contributed by atoms with Crippen LogP contribution in [0, 0.1) is 45.7 Å². The first-order chi connectivity index (χ1) is 23.7. The quantitative estimate of drug-likeness (QED) is 0.136. The van der Waals surface area contributed by atoms with Gasteiger partial charge in [-0.1, -0.05) is 51.4 Å². The molecule has 256 valence electrons. The summed E-state index contributed by atoms with van der Waals surface area (Å²) in [5, 5.41) is 7.15. The molecule has 0 saturated carbocycles. The van der Waals surface area contributed by atoms with E-state index in [2.05, 4.69) is 127 Å². The van der Waals surface area contributed by atoms with Crippen LogP contribution in [0.15, 0.2) is 79.3 Å². The number of pyridine rings is 1. The van der Waals surface area contributed by atoms with Gasteiger partial charge in [-0.3, -0.25) is 4.68 Å². The number of aryl methyl sites for hydroxylation is 1. The second kappa shape index (κ2) is 14.4. The minimum absolute atomic E-state index is 0. The zero-order valence-electron chi connectivity index (χ0n) is 30.2. The Bertz CT molecular complexity index is 2310. The number of hydrogen-bond acceptors (Lipinski definition) is 3. The molecule has 0 aliphatic carbocycles. The van der Waals surface area contributed by atoms with Crippen molar-refractivity contribution in [3.8, 4) is 34.1 Å². The van der Waals surface area contributed by atoms with Crippen molar-refractivity contribution in [3.63, 3.8) is 0 Å². The molecule has 50 heavy (non-hydrogen) atoms. The van der Waals surface area contributed by atoms with E-state index in [1.807, 2.05) is 29.2 Å². The van der Waals surface area contributed by atoms with Crippen LogP contribution in [0.25, 0.3) is 44.4 Å². The number of hydrogen-bond donors (Lipinski definition) is 0. The van der Waals surface area contributed by atoms with Gasteiger partial charge in [-0.05, 0) is 121 Å². The van der Waals surface area contributed by atoms with E-state index >= 15 is 0 Å². The van der Waals surface area contributed by atoms with Crippen LogP contribution in [0.5, 0.6) is 11.5 Å². The number of rotatable bonds is 9. The number of para-hydroxylation sites is 1. The number of fused-ring (bicyclic) bond motifs is 3. The van der Waals surface area contributed by atoms with E-state index in [4.69, 9.17) is 14.8 Å². The van der Waals surface area contributed by atoms with Crippen LogP contribution in [0.1, 0.15) is 66.6 Å². The first-order valence-corrected chi connectivity index (χ1v) is 17.5. The summed E-state index contributed by atoms with van der Waals surface area (Å²) < 4.78 is 10.7. The monoisotopic (exact) mass is 839 g/mol. The third kappa shape index (κ3) is 6.44. The molecule has 0 bridgehead atoms. The molecule has 4 aromatic carbocycles. The van der Waals surface area contributed by atoms with Gasteiger partial charge in [-0.25, -0.2) is 4.98 Å². The number of ether oxygens (including phenoxy) is 1. The zero-order chi connectivity index (χ0) is 34.4. The fourth-order valence-electron chi connectivity index (χ4n) is 7.39. The predicted molar refractivity (Wildman–Crippen MR) is 202 cm³/mol. The molecule has 7 rings (SSSR count). The summed E-state index contributed by atoms with van der Waals surface area (Å²) in [5.74, 6) is 2.61. The maximum absolute atomic E-state index is 6.60. The van der Waals surface area contributed by atoms with Crippen molar-refractivity contribution in [2.45, 2.75) is 74.7 Å². The van der Waals surface area contributed by atoms with Crippen molar-refractivity contribution in [1.29, 1.82) is 0 Å². The van der Waals surface area contributed by atoms with E-state index in [1.165, 1.54) is 38.9 Å². The van der Waals surface area contributed by atoms with Crippen molar-refractivity contribution in [3.05, 3.63) is 130 Å². The fraction of sp³-hybridized carbons (Fsp3) is 0.273. The van der Waals surface area contributed by atoms with Crippen LogP contribution in [-0.2, 0) is 40.3 Å². The largest absolute Gasteiger partial charge is 2.00 e. The summed E-state index contributed by atoms with van der Waals surface area (Å²) in [6.07, 6.45) is 8.89. The molecule has 0 unspecified atom stereocenters. The molecule has 0 atom stereocenters. The number of aromatic nitrogens is 4. The summed E-state index contributed by atoms with van der Waals surface area (Å²) in [4.78, 5) is 4.73. The molecule has 0 aliphatic heterocycles. The van der Waals surface area contributed by atoms with E-state index in [-0.39, 0.29) is 21.1 Å². The van der Waals surface area contributed by atoms with Gasteiger partial charge in [0.15, 0.2) is 0 Å². The molecule has 5 nitrogen and oxygen atoms in total. The van der Waals surface area contributed by atoms with Gasteiger partial charge < -0.3 is 9.30 Å². The summed E-state index contributed by atoms with van der Waals surface area (Å²) in [6, 6.07) is 28.1. The van der Waals surface area contributed by atoms with Gasteiger partial charge in [0.1, 0.15) is 5.82 Å². The molecule has 0 N–H and O–H groups in total. The van der Waals surface area contributed by atoms with E-state index in [0.29, 0.717) is 17.4 Å². The average Bonchev–Trinajstić information content (AvgIpc) is 3.70. The Morgan fingerprint density at radius 3 is 2.24 bits per heavy atom. The molecule has 3 heterocycles. The molecule has 0 fully saturated rings. The van der Waals surface area contributed by atoms with Crippen LogP contribution in [0.3, 0.4) is 0 Å². The van der Waals surface area contributed by atoms with Crippen molar-refractivity contribution in [1.82, 2.24) is 19.3 Å². The fourth-order valence-corrected chi connectivity index (χ4v) is 7.39. The Balaban J connectivity index is 0.00000432. The molecule has 3 aromatic heterocycles. The van der Waals surface area contributed by atoms with Crippen molar-refractivity contribution >= 4 is 21.8 Å². The Kier molecular flexibility index (Phi) is 10.2. The first-order valence-electron chi connectivity index (χ1n) is 17.5. The number of benzene rings is 4. The summed E-state index contributed by atoms with van der Waals surface area (Å²) in [5.41, 5.74) is 14.6. The van der Waals surface area contributed by atoms with Gasteiger partial charge in [-0.15, -0.1) is 35.7 Å². The predicted octanol–water partition coefficient (Wildman–Crippen LogP) is 11.0. The van der Waals surface area contributed by atoms with Crippen LogP contribution in [0.2, 0.25) is 0 Å². The van der Waals surface area contributed by atoms with Crippen LogP contribution < -0.4 is 4.74 Å². The second-order valence-electron chi connectivity index (χ2n) is 13.7. The first kappa shape index (κ1) is 35.4. The Hall–Kier alpha value is -4.47. The molecule has 0 radical (unpaired) electrons. The SMILES string of the molecule is CCc1c(C)c(C)c(C)c(CC)c1-c1cnn(-c2[c-]c(Oc3[c-]c4c(cc3)c3ccccc3n4-c3cc(C)ccn3)cc(CC(C)C)c2)c1.[Pt+2]. The molecule has 0 saturated heterocycles. The summed E-state index contributed by atoms with van der Waals surface area (Å²) in [7, 11) is 0. The van der Waals surface area contributed by atoms with Gasteiger partial charge in [0.2, 0.25) is 0 Å². The molecule has 6 heteroatoms. The molecule has 0 aliphatic rings. The summed E-state index contributed by atoms with van der Waals surface area (Å²) >= 11 is 0. The minimum atomic E-state index is 0. The Morgan fingerprint density at radius 2 is 1.54 bits per heavy atom. The maximum Gasteiger partial charge on any atom is 2.00 e. The molecule has 7 aromatic rings. The van der Waals surface area contributed by atoms with Crippen LogP contribution in [-0.4, -0.2) is 19.3 Å². The third-order valence-electron chi connectivity index (χ3n) is 9.90. The molecule has 0 amide bonds. The topological polar surface area (TPSA) is 44.9 Å². The van der Waals surface area contributed by atoms with Gasteiger partial charge in [-0.2, -0.15) is 16.7 Å². The van der Waals surface area contributed by atoms with Crippen LogP contribution >= 0.6 is 0 Å². The Labute approximate surface area is 310 Å².